The molecule has 2 heterocycles. The molecule has 160 valence electrons. The van der Waals surface area contributed by atoms with Gasteiger partial charge in [-0.15, -0.1) is 0 Å². The van der Waals surface area contributed by atoms with Crippen LogP contribution in [0.3, 0.4) is 0 Å². The maximum atomic E-state index is 13.6. The summed E-state index contributed by atoms with van der Waals surface area (Å²) >= 11 is 0. The summed E-state index contributed by atoms with van der Waals surface area (Å²) in [6.07, 6.45) is 4.19. The minimum Gasteiger partial charge on any atom is -0.347 e. The minimum atomic E-state index is -0.203. The Hall–Kier alpha value is -3.05. The molecule has 0 saturated carbocycles. The number of nitrogens with zero attached hydrogens (tertiary/aromatic N) is 2. The van der Waals surface area contributed by atoms with Gasteiger partial charge in [-0.05, 0) is 60.7 Å². The van der Waals surface area contributed by atoms with E-state index in [1.165, 1.54) is 6.07 Å². The molecule has 4 nitrogen and oxygen atoms in total. The highest BCUT2D eigenvalue weighted by molar-refractivity contribution is 5.79. The van der Waals surface area contributed by atoms with Crippen molar-refractivity contribution in [1.29, 1.82) is 0 Å². The summed E-state index contributed by atoms with van der Waals surface area (Å²) in [5, 5.41) is 3.26. The molecule has 31 heavy (non-hydrogen) atoms. The van der Waals surface area contributed by atoms with E-state index in [1.54, 1.807) is 18.3 Å². The lowest BCUT2D eigenvalue weighted by Gasteiger charge is -2.37. The minimum absolute atomic E-state index is 0.00380. The van der Waals surface area contributed by atoms with E-state index < -0.39 is 0 Å². The highest BCUT2D eigenvalue weighted by atomic mass is 19.1. The van der Waals surface area contributed by atoms with Gasteiger partial charge in [0.25, 0.3) is 0 Å². The van der Waals surface area contributed by atoms with Crippen molar-refractivity contribution in [3.63, 3.8) is 0 Å². The summed E-state index contributed by atoms with van der Waals surface area (Å²) in [7, 11) is 0. The van der Waals surface area contributed by atoms with Crippen LogP contribution in [0.2, 0.25) is 0 Å². The van der Waals surface area contributed by atoms with Crippen molar-refractivity contribution in [1.82, 2.24) is 15.2 Å². The van der Waals surface area contributed by atoms with Gasteiger partial charge in [0.2, 0.25) is 5.91 Å². The van der Waals surface area contributed by atoms with Crippen molar-refractivity contribution in [3.8, 4) is 0 Å². The number of halogens is 1. The molecule has 0 bridgehead atoms. The lowest BCUT2D eigenvalue weighted by Crippen LogP contribution is -2.43. The smallest absolute Gasteiger partial charge is 0.224 e. The Balaban J connectivity index is 1.47. The summed E-state index contributed by atoms with van der Waals surface area (Å²) in [6, 6.07) is 22.3. The van der Waals surface area contributed by atoms with Gasteiger partial charge in [-0.3, -0.25) is 14.7 Å². The number of amides is 1. The molecule has 1 saturated heterocycles. The molecule has 4 rings (SSSR count). The van der Waals surface area contributed by atoms with Crippen molar-refractivity contribution in [2.24, 2.45) is 5.92 Å². The van der Waals surface area contributed by atoms with Gasteiger partial charge in [0.15, 0.2) is 0 Å². The first-order valence-corrected chi connectivity index (χ1v) is 10.9. The molecule has 2 atom stereocenters. The van der Waals surface area contributed by atoms with Crippen molar-refractivity contribution in [2.45, 2.75) is 31.8 Å². The fourth-order valence-electron chi connectivity index (χ4n) is 4.40. The number of hydrogen-bond acceptors (Lipinski definition) is 3. The fraction of sp³-hybridized carbons (Fsp3) is 0.308. The maximum Gasteiger partial charge on any atom is 0.224 e. The second kappa shape index (κ2) is 10.3. The molecule has 1 fully saturated rings. The summed E-state index contributed by atoms with van der Waals surface area (Å²) < 4.78 is 13.6. The zero-order valence-electron chi connectivity index (χ0n) is 17.6. The van der Waals surface area contributed by atoms with E-state index in [2.05, 4.69) is 15.2 Å². The van der Waals surface area contributed by atoms with Crippen LogP contribution in [0.25, 0.3) is 0 Å². The second-order valence-electron chi connectivity index (χ2n) is 8.23. The highest BCUT2D eigenvalue weighted by Crippen LogP contribution is 2.30. The van der Waals surface area contributed by atoms with E-state index in [0.717, 1.165) is 42.8 Å². The molecule has 1 amide bonds. The van der Waals surface area contributed by atoms with Gasteiger partial charge in [0.1, 0.15) is 5.82 Å². The van der Waals surface area contributed by atoms with Crippen molar-refractivity contribution in [3.05, 3.63) is 102 Å². The molecule has 2 unspecified atom stereocenters. The largest absolute Gasteiger partial charge is 0.347 e. The average molecular weight is 418 g/mol. The molecule has 3 aromatic rings. The Labute approximate surface area is 183 Å². The number of rotatable bonds is 7. The van der Waals surface area contributed by atoms with Crippen LogP contribution >= 0.6 is 0 Å². The van der Waals surface area contributed by atoms with E-state index in [1.807, 2.05) is 54.6 Å². The predicted octanol–water partition coefficient (Wildman–Crippen LogP) is 4.53. The highest BCUT2D eigenvalue weighted by Gasteiger charge is 2.30. The number of carbonyl (C=O) groups is 1. The third kappa shape index (κ3) is 5.98. The van der Waals surface area contributed by atoms with Gasteiger partial charge in [-0.25, -0.2) is 4.39 Å². The third-order valence-corrected chi connectivity index (χ3v) is 5.84. The van der Waals surface area contributed by atoms with Crippen molar-refractivity contribution < 1.29 is 9.18 Å². The van der Waals surface area contributed by atoms with Crippen LogP contribution in [-0.4, -0.2) is 28.9 Å². The second-order valence-corrected chi connectivity index (χ2v) is 8.23. The zero-order chi connectivity index (χ0) is 21.5. The van der Waals surface area contributed by atoms with Gasteiger partial charge < -0.3 is 5.32 Å². The first-order valence-electron chi connectivity index (χ1n) is 10.9. The number of carbonyl (C=O) groups excluding carboxylic acids is 1. The average Bonchev–Trinajstić information content (AvgIpc) is 2.79. The first-order chi connectivity index (χ1) is 15.2. The van der Waals surface area contributed by atoms with Crippen LogP contribution in [0.5, 0.6) is 0 Å². The molecule has 5 heteroatoms. The number of benzene rings is 2. The topological polar surface area (TPSA) is 45.2 Å². The Morgan fingerprint density at radius 3 is 2.65 bits per heavy atom. The molecule has 0 radical (unpaired) electrons. The molecular weight excluding hydrogens is 389 g/mol. The van der Waals surface area contributed by atoms with Crippen LogP contribution in [0.1, 0.15) is 35.7 Å². The van der Waals surface area contributed by atoms with Crippen LogP contribution < -0.4 is 5.32 Å². The lowest BCUT2D eigenvalue weighted by atomic mass is 9.88. The van der Waals surface area contributed by atoms with Gasteiger partial charge in [-0.2, -0.15) is 0 Å². The van der Waals surface area contributed by atoms with Crippen molar-refractivity contribution in [2.75, 3.05) is 13.1 Å². The van der Waals surface area contributed by atoms with E-state index >= 15 is 0 Å². The SMILES string of the molecule is O=C(Cc1ccccc1)NC(c1ccccn1)C1CCCN(Cc2cccc(F)c2)C1. The lowest BCUT2D eigenvalue weighted by molar-refractivity contribution is -0.121. The number of hydrogen-bond donors (Lipinski definition) is 1. The van der Waals surface area contributed by atoms with Crippen LogP contribution in [-0.2, 0) is 17.8 Å². The molecule has 1 aliphatic heterocycles. The van der Waals surface area contributed by atoms with E-state index in [4.69, 9.17) is 0 Å². The Bertz CT molecular complexity index is 980. The quantitative estimate of drug-likeness (QED) is 0.614. The number of piperidine rings is 1. The standard InChI is InChI=1S/C26H28FN3O/c27-23-12-6-10-21(16-23)18-30-15-7-11-22(19-30)26(24-13-4-5-14-28-24)29-25(31)17-20-8-2-1-3-9-20/h1-6,8-10,12-14,16,22,26H,7,11,15,17-19H2,(H,29,31). The normalized spacial score (nSPS) is 17.8. The monoisotopic (exact) mass is 417 g/mol. The molecule has 1 N–H and O–H groups in total. The summed E-state index contributed by atoms with van der Waals surface area (Å²) in [4.78, 5) is 19.8. The van der Waals surface area contributed by atoms with Gasteiger partial charge in [-0.1, -0.05) is 48.5 Å². The molecular formula is C26H28FN3O. The summed E-state index contributed by atoms with van der Waals surface area (Å²) in [6.45, 7) is 2.52. The van der Waals surface area contributed by atoms with Crippen molar-refractivity contribution >= 4 is 5.91 Å². The number of nitrogens with one attached hydrogen (secondary N) is 1. The molecule has 0 spiro atoms. The number of pyridine rings is 1. The van der Waals surface area contributed by atoms with E-state index in [0.29, 0.717) is 13.0 Å². The molecule has 0 aliphatic carbocycles. The fourth-order valence-corrected chi connectivity index (χ4v) is 4.40. The van der Waals surface area contributed by atoms with Crippen LogP contribution in [0.15, 0.2) is 79.0 Å². The molecule has 1 aromatic heterocycles. The summed E-state index contributed by atoms with van der Waals surface area (Å²) in [5.74, 6) is 0.0478. The van der Waals surface area contributed by atoms with Crippen LogP contribution in [0, 0.1) is 11.7 Å². The zero-order valence-corrected chi connectivity index (χ0v) is 17.6. The predicted molar refractivity (Wildman–Crippen MR) is 120 cm³/mol. The number of likely N-dealkylation sites (tertiary alicyclic amines) is 1. The van der Waals surface area contributed by atoms with Gasteiger partial charge in [0, 0.05) is 19.3 Å². The van der Waals surface area contributed by atoms with Crippen LogP contribution in [0.4, 0.5) is 4.39 Å². The van der Waals surface area contributed by atoms with Gasteiger partial charge in [0.05, 0.1) is 18.2 Å². The Morgan fingerprint density at radius 1 is 1.06 bits per heavy atom. The Morgan fingerprint density at radius 2 is 1.87 bits per heavy atom. The maximum absolute atomic E-state index is 13.6. The summed E-state index contributed by atoms with van der Waals surface area (Å²) in [5.41, 5.74) is 2.86. The van der Waals surface area contributed by atoms with E-state index in [-0.39, 0.29) is 23.7 Å². The Kier molecular flexibility index (Phi) is 7.05. The third-order valence-electron chi connectivity index (χ3n) is 5.84. The molecule has 1 aliphatic rings. The van der Waals surface area contributed by atoms with Gasteiger partial charge >= 0.3 is 0 Å². The number of aromatic nitrogens is 1. The van der Waals surface area contributed by atoms with E-state index in [9.17, 15) is 9.18 Å². The molecule has 2 aromatic carbocycles. The first kappa shape index (κ1) is 21.2.